The molecular formula is C15H21Cl2FN2O. The van der Waals surface area contributed by atoms with E-state index in [2.05, 4.69) is 6.92 Å². The fraction of sp³-hybridized carbons (Fsp3) is 0.533. The van der Waals surface area contributed by atoms with Gasteiger partial charge in [0.05, 0.1) is 6.42 Å². The van der Waals surface area contributed by atoms with E-state index in [-0.39, 0.29) is 36.3 Å². The quantitative estimate of drug-likeness (QED) is 0.923. The van der Waals surface area contributed by atoms with Crippen LogP contribution in [-0.2, 0) is 11.2 Å². The molecule has 0 spiro atoms. The molecule has 0 radical (unpaired) electrons. The van der Waals surface area contributed by atoms with Gasteiger partial charge in [0.2, 0.25) is 5.91 Å². The molecule has 1 heterocycles. The predicted octanol–water partition coefficient (Wildman–Crippen LogP) is 3.03. The van der Waals surface area contributed by atoms with Crippen LogP contribution in [0.3, 0.4) is 0 Å². The first-order valence-electron chi connectivity index (χ1n) is 6.95. The Morgan fingerprint density at radius 1 is 1.52 bits per heavy atom. The Kier molecular flexibility index (Phi) is 6.91. The van der Waals surface area contributed by atoms with Crippen molar-refractivity contribution in [3.63, 3.8) is 0 Å². The van der Waals surface area contributed by atoms with Gasteiger partial charge in [-0.3, -0.25) is 4.79 Å². The van der Waals surface area contributed by atoms with E-state index in [4.69, 9.17) is 17.3 Å². The normalized spacial score (nSPS) is 21.8. The summed E-state index contributed by atoms with van der Waals surface area (Å²) in [5.41, 5.74) is 6.02. The van der Waals surface area contributed by atoms with E-state index in [1.54, 1.807) is 11.0 Å². The molecule has 0 saturated carbocycles. The number of rotatable bonds is 3. The standard InChI is InChI=1S/C15H20ClFN2O.ClH/c1-10-5-6-19(11(7-10)9-18)15(20)8-12-13(16)3-2-4-14(12)17;/h2-4,10-11H,5-9,18H2,1H3;1H. The molecule has 21 heavy (non-hydrogen) atoms. The van der Waals surface area contributed by atoms with Crippen LogP contribution < -0.4 is 5.73 Å². The molecule has 1 aromatic rings. The van der Waals surface area contributed by atoms with Gasteiger partial charge in [0.15, 0.2) is 0 Å². The maximum Gasteiger partial charge on any atom is 0.227 e. The second kappa shape index (κ2) is 7.97. The summed E-state index contributed by atoms with van der Waals surface area (Å²) in [6.45, 7) is 3.30. The van der Waals surface area contributed by atoms with Crippen molar-refractivity contribution in [3.8, 4) is 0 Å². The van der Waals surface area contributed by atoms with Crippen molar-refractivity contribution in [1.29, 1.82) is 0 Å². The Morgan fingerprint density at radius 2 is 2.24 bits per heavy atom. The maximum atomic E-state index is 13.7. The largest absolute Gasteiger partial charge is 0.338 e. The van der Waals surface area contributed by atoms with Crippen LogP contribution in [-0.4, -0.2) is 29.9 Å². The Bertz CT molecular complexity index is 478. The first-order valence-corrected chi connectivity index (χ1v) is 7.33. The lowest BCUT2D eigenvalue weighted by atomic mass is 9.92. The number of nitrogens with zero attached hydrogens (tertiary/aromatic N) is 1. The van der Waals surface area contributed by atoms with Crippen molar-refractivity contribution < 1.29 is 9.18 Å². The molecule has 118 valence electrons. The van der Waals surface area contributed by atoms with Crippen LogP contribution in [0.2, 0.25) is 5.02 Å². The van der Waals surface area contributed by atoms with Gasteiger partial charge in [-0.15, -0.1) is 12.4 Å². The third-order valence-electron chi connectivity index (χ3n) is 3.96. The molecule has 1 fully saturated rings. The zero-order valence-electron chi connectivity index (χ0n) is 12.0. The molecule has 3 nitrogen and oxygen atoms in total. The van der Waals surface area contributed by atoms with Crippen molar-refractivity contribution in [2.75, 3.05) is 13.1 Å². The summed E-state index contributed by atoms with van der Waals surface area (Å²) in [7, 11) is 0. The fourth-order valence-electron chi connectivity index (χ4n) is 2.76. The van der Waals surface area contributed by atoms with Gasteiger partial charge in [0, 0.05) is 29.7 Å². The van der Waals surface area contributed by atoms with Crippen LogP contribution in [0.25, 0.3) is 0 Å². The van der Waals surface area contributed by atoms with E-state index in [0.717, 1.165) is 12.8 Å². The lowest BCUT2D eigenvalue weighted by molar-refractivity contribution is -0.134. The van der Waals surface area contributed by atoms with E-state index >= 15 is 0 Å². The molecular weight excluding hydrogens is 314 g/mol. The minimum Gasteiger partial charge on any atom is -0.338 e. The third kappa shape index (κ3) is 4.31. The van der Waals surface area contributed by atoms with Gasteiger partial charge < -0.3 is 10.6 Å². The van der Waals surface area contributed by atoms with Crippen molar-refractivity contribution in [2.24, 2.45) is 11.7 Å². The molecule has 1 aromatic carbocycles. The first-order chi connectivity index (χ1) is 9.52. The van der Waals surface area contributed by atoms with Crippen molar-refractivity contribution >= 4 is 29.9 Å². The molecule has 1 aliphatic rings. The summed E-state index contributed by atoms with van der Waals surface area (Å²) in [6, 6.07) is 4.52. The lowest BCUT2D eigenvalue weighted by Crippen LogP contribution is -2.49. The number of carbonyl (C=O) groups excluding carboxylic acids is 1. The SMILES string of the molecule is CC1CCN(C(=O)Cc2c(F)cccc2Cl)C(CN)C1.Cl. The van der Waals surface area contributed by atoms with Crippen molar-refractivity contribution in [3.05, 3.63) is 34.6 Å². The summed E-state index contributed by atoms with van der Waals surface area (Å²) in [5.74, 6) is 0.0459. The summed E-state index contributed by atoms with van der Waals surface area (Å²) in [6.07, 6.45) is 1.87. The molecule has 2 atom stereocenters. The first kappa shape index (κ1) is 18.2. The average molecular weight is 335 g/mol. The zero-order chi connectivity index (χ0) is 14.7. The van der Waals surface area contributed by atoms with E-state index in [0.29, 0.717) is 24.0 Å². The van der Waals surface area contributed by atoms with Crippen LogP contribution in [0.5, 0.6) is 0 Å². The molecule has 2 unspecified atom stereocenters. The molecule has 2 rings (SSSR count). The number of amides is 1. The van der Waals surface area contributed by atoms with Crippen molar-refractivity contribution in [2.45, 2.75) is 32.2 Å². The summed E-state index contributed by atoms with van der Waals surface area (Å²) in [4.78, 5) is 14.2. The van der Waals surface area contributed by atoms with Crippen LogP contribution >= 0.6 is 24.0 Å². The minimum atomic E-state index is -0.430. The molecule has 0 bridgehead atoms. The smallest absolute Gasteiger partial charge is 0.227 e. The van der Waals surface area contributed by atoms with Gasteiger partial charge in [0.1, 0.15) is 5.82 Å². The highest BCUT2D eigenvalue weighted by Gasteiger charge is 2.29. The molecule has 1 aliphatic heterocycles. The lowest BCUT2D eigenvalue weighted by Gasteiger charge is -2.38. The Labute approximate surface area is 136 Å². The molecule has 1 amide bonds. The van der Waals surface area contributed by atoms with Crippen LogP contribution in [0.4, 0.5) is 4.39 Å². The molecule has 6 heteroatoms. The summed E-state index contributed by atoms with van der Waals surface area (Å²) < 4.78 is 13.7. The van der Waals surface area contributed by atoms with Crippen LogP contribution in [0, 0.1) is 11.7 Å². The minimum absolute atomic E-state index is 0. The van der Waals surface area contributed by atoms with Gasteiger partial charge in [-0.05, 0) is 30.9 Å². The van der Waals surface area contributed by atoms with E-state index in [1.807, 2.05) is 0 Å². The monoisotopic (exact) mass is 334 g/mol. The van der Waals surface area contributed by atoms with E-state index < -0.39 is 5.82 Å². The molecule has 0 aliphatic carbocycles. The summed E-state index contributed by atoms with van der Waals surface area (Å²) >= 11 is 5.97. The third-order valence-corrected chi connectivity index (χ3v) is 4.31. The van der Waals surface area contributed by atoms with Gasteiger partial charge in [-0.2, -0.15) is 0 Å². The Balaban J connectivity index is 0.00000220. The highest BCUT2D eigenvalue weighted by atomic mass is 35.5. The maximum absolute atomic E-state index is 13.7. The van der Waals surface area contributed by atoms with Gasteiger partial charge >= 0.3 is 0 Å². The van der Waals surface area contributed by atoms with Gasteiger partial charge in [-0.1, -0.05) is 24.6 Å². The fourth-order valence-corrected chi connectivity index (χ4v) is 2.99. The second-order valence-electron chi connectivity index (χ2n) is 5.48. The number of halogens is 3. The van der Waals surface area contributed by atoms with Crippen LogP contribution in [0.15, 0.2) is 18.2 Å². The number of hydrogen-bond acceptors (Lipinski definition) is 2. The number of benzene rings is 1. The molecule has 0 aromatic heterocycles. The highest BCUT2D eigenvalue weighted by molar-refractivity contribution is 6.31. The topological polar surface area (TPSA) is 46.3 Å². The predicted molar refractivity (Wildman–Crippen MR) is 85.3 cm³/mol. The number of likely N-dealkylation sites (tertiary alicyclic amines) is 1. The van der Waals surface area contributed by atoms with E-state index in [1.165, 1.54) is 12.1 Å². The molecule has 1 saturated heterocycles. The van der Waals surface area contributed by atoms with E-state index in [9.17, 15) is 9.18 Å². The van der Waals surface area contributed by atoms with Gasteiger partial charge in [-0.25, -0.2) is 4.39 Å². The molecule has 2 N–H and O–H groups in total. The number of nitrogens with two attached hydrogens (primary N) is 1. The number of carbonyl (C=O) groups is 1. The highest BCUT2D eigenvalue weighted by Crippen LogP contribution is 2.25. The zero-order valence-corrected chi connectivity index (χ0v) is 13.6. The second-order valence-corrected chi connectivity index (χ2v) is 5.89. The Hall–Kier alpha value is -0.840. The summed E-state index contributed by atoms with van der Waals surface area (Å²) in [5, 5.41) is 0.299. The average Bonchev–Trinajstić information content (AvgIpc) is 2.42. The van der Waals surface area contributed by atoms with Crippen molar-refractivity contribution in [1.82, 2.24) is 4.90 Å². The number of hydrogen-bond donors (Lipinski definition) is 1. The number of piperidine rings is 1. The Morgan fingerprint density at radius 3 is 2.86 bits per heavy atom. The van der Waals surface area contributed by atoms with Gasteiger partial charge in [0.25, 0.3) is 0 Å². The van der Waals surface area contributed by atoms with Crippen LogP contribution in [0.1, 0.15) is 25.3 Å².